The summed E-state index contributed by atoms with van der Waals surface area (Å²) in [6.45, 7) is 1.94. The highest BCUT2D eigenvalue weighted by Gasteiger charge is 2.10. The Hall–Kier alpha value is -1.85. The van der Waals surface area contributed by atoms with Gasteiger partial charge in [0.1, 0.15) is 0 Å². The van der Waals surface area contributed by atoms with Crippen molar-refractivity contribution in [3.63, 3.8) is 0 Å². The molecule has 0 spiro atoms. The first kappa shape index (κ1) is 15.5. The molecule has 6 heteroatoms. The number of carbonyl (C=O) groups excluding carboxylic acids is 2. The van der Waals surface area contributed by atoms with E-state index in [1.165, 1.54) is 11.3 Å². The summed E-state index contributed by atoms with van der Waals surface area (Å²) in [5.74, 6) is -0.278. The molecule has 0 fully saturated rings. The average molecular weight is 323 g/mol. The fourth-order valence-electron chi connectivity index (χ4n) is 1.74. The summed E-state index contributed by atoms with van der Waals surface area (Å²) in [6.07, 6.45) is 1.24. The highest BCUT2D eigenvalue weighted by Crippen LogP contribution is 2.26. The molecular weight excluding hydrogens is 308 g/mol. The lowest BCUT2D eigenvalue weighted by Gasteiger charge is -2.10. The molecule has 2 N–H and O–H groups in total. The molecule has 0 aliphatic rings. The predicted molar refractivity (Wildman–Crippen MR) is 87.3 cm³/mol. The minimum absolute atomic E-state index is 0.0599. The van der Waals surface area contributed by atoms with Gasteiger partial charge in [-0.1, -0.05) is 24.6 Å². The van der Waals surface area contributed by atoms with E-state index < -0.39 is 0 Å². The van der Waals surface area contributed by atoms with Crippen molar-refractivity contribution in [3.8, 4) is 0 Å². The van der Waals surface area contributed by atoms with Gasteiger partial charge >= 0.3 is 0 Å². The number of rotatable bonds is 5. The number of thiophene rings is 1. The Morgan fingerprint density at radius 1 is 1.24 bits per heavy atom. The fraction of sp³-hybridized carbons (Fsp3) is 0.200. The smallest absolute Gasteiger partial charge is 0.265 e. The number of hydrogen-bond acceptors (Lipinski definition) is 3. The third kappa shape index (κ3) is 4.31. The molecule has 110 valence electrons. The topological polar surface area (TPSA) is 58.2 Å². The zero-order chi connectivity index (χ0) is 15.2. The summed E-state index contributed by atoms with van der Waals surface area (Å²) in [5.41, 5.74) is 1.09. The highest BCUT2D eigenvalue weighted by molar-refractivity contribution is 7.12. The quantitative estimate of drug-likeness (QED) is 0.857. The molecule has 1 aromatic heterocycles. The Labute approximate surface area is 132 Å². The number of nitrogens with one attached hydrogen (secondary N) is 2. The molecule has 1 aromatic carbocycles. The van der Waals surface area contributed by atoms with Crippen LogP contribution < -0.4 is 10.6 Å². The Morgan fingerprint density at radius 2 is 2.05 bits per heavy atom. The van der Waals surface area contributed by atoms with Crippen LogP contribution in [-0.4, -0.2) is 11.8 Å². The number of anilines is 2. The Bertz CT molecular complexity index is 641. The van der Waals surface area contributed by atoms with Gasteiger partial charge in [-0.3, -0.25) is 9.59 Å². The summed E-state index contributed by atoms with van der Waals surface area (Å²) in [6, 6.07) is 8.55. The molecule has 4 nitrogen and oxygen atoms in total. The maximum Gasteiger partial charge on any atom is 0.265 e. The third-order valence-corrected chi connectivity index (χ3v) is 3.92. The first-order chi connectivity index (χ1) is 10.1. The maximum atomic E-state index is 12.0. The average Bonchev–Trinajstić information content (AvgIpc) is 2.97. The van der Waals surface area contributed by atoms with E-state index in [0.29, 0.717) is 27.7 Å². The van der Waals surface area contributed by atoms with E-state index in [9.17, 15) is 9.59 Å². The molecule has 0 atom stereocenters. The monoisotopic (exact) mass is 322 g/mol. The highest BCUT2D eigenvalue weighted by atomic mass is 35.5. The molecule has 2 aromatic rings. The predicted octanol–water partition coefficient (Wildman–Crippen LogP) is 4.39. The maximum absolute atomic E-state index is 12.0. The number of amides is 2. The molecule has 0 unspecified atom stereocenters. The third-order valence-electron chi connectivity index (χ3n) is 2.72. The molecule has 0 aliphatic carbocycles. The molecule has 0 aliphatic heterocycles. The van der Waals surface area contributed by atoms with Crippen LogP contribution in [0, 0.1) is 0 Å². The van der Waals surface area contributed by atoms with Crippen LogP contribution in [0.1, 0.15) is 29.4 Å². The van der Waals surface area contributed by atoms with Crippen LogP contribution in [0.5, 0.6) is 0 Å². The van der Waals surface area contributed by atoms with Gasteiger partial charge in [0.2, 0.25) is 5.91 Å². The standard InChI is InChI=1S/C15H15ClN2O2S/c1-2-4-14(19)17-10-6-7-11(16)12(9-10)18-15(20)13-5-3-8-21-13/h3,5-9H,2,4H2,1H3,(H,17,19)(H,18,20). The summed E-state index contributed by atoms with van der Waals surface area (Å²) in [7, 11) is 0. The van der Waals surface area contributed by atoms with Crippen LogP contribution in [0.25, 0.3) is 0 Å². The second kappa shape index (κ2) is 7.24. The Balaban J connectivity index is 2.12. The van der Waals surface area contributed by atoms with Gasteiger partial charge in [-0.25, -0.2) is 0 Å². The largest absolute Gasteiger partial charge is 0.326 e. The summed E-state index contributed by atoms with van der Waals surface area (Å²) in [5, 5.41) is 7.77. The van der Waals surface area contributed by atoms with E-state index in [1.807, 2.05) is 18.4 Å². The van der Waals surface area contributed by atoms with E-state index in [-0.39, 0.29) is 11.8 Å². The van der Waals surface area contributed by atoms with Crippen LogP contribution in [0.3, 0.4) is 0 Å². The SMILES string of the molecule is CCCC(=O)Nc1ccc(Cl)c(NC(=O)c2cccs2)c1. The second-order valence-corrected chi connectivity index (χ2v) is 5.78. The normalized spacial score (nSPS) is 10.2. The van der Waals surface area contributed by atoms with Gasteiger partial charge in [0.15, 0.2) is 0 Å². The van der Waals surface area contributed by atoms with Gasteiger partial charge in [-0.2, -0.15) is 0 Å². The van der Waals surface area contributed by atoms with Crippen molar-refractivity contribution in [1.29, 1.82) is 0 Å². The lowest BCUT2D eigenvalue weighted by Crippen LogP contribution is -2.13. The van der Waals surface area contributed by atoms with Gasteiger partial charge < -0.3 is 10.6 Å². The Kier molecular flexibility index (Phi) is 5.36. The zero-order valence-corrected chi connectivity index (χ0v) is 13.1. The van der Waals surface area contributed by atoms with Crippen LogP contribution in [0.15, 0.2) is 35.7 Å². The second-order valence-electron chi connectivity index (χ2n) is 4.42. The Morgan fingerprint density at radius 3 is 2.71 bits per heavy atom. The van der Waals surface area contributed by atoms with Gasteiger partial charge in [-0.15, -0.1) is 11.3 Å². The number of benzene rings is 1. The molecule has 21 heavy (non-hydrogen) atoms. The fourth-order valence-corrected chi connectivity index (χ4v) is 2.52. The van der Waals surface area contributed by atoms with Gasteiger partial charge in [0, 0.05) is 12.1 Å². The lowest BCUT2D eigenvalue weighted by atomic mass is 10.2. The molecule has 0 radical (unpaired) electrons. The van der Waals surface area contributed by atoms with Crippen molar-refractivity contribution in [3.05, 3.63) is 45.6 Å². The van der Waals surface area contributed by atoms with E-state index >= 15 is 0 Å². The van der Waals surface area contributed by atoms with Crippen molar-refractivity contribution in [1.82, 2.24) is 0 Å². The van der Waals surface area contributed by atoms with Gasteiger partial charge in [-0.05, 0) is 36.1 Å². The molecule has 0 saturated carbocycles. The number of carbonyl (C=O) groups is 2. The zero-order valence-electron chi connectivity index (χ0n) is 11.5. The first-order valence-electron chi connectivity index (χ1n) is 6.54. The minimum Gasteiger partial charge on any atom is -0.326 e. The van der Waals surface area contributed by atoms with Crippen LogP contribution in [0.2, 0.25) is 5.02 Å². The van der Waals surface area contributed by atoms with E-state index in [2.05, 4.69) is 10.6 Å². The first-order valence-corrected chi connectivity index (χ1v) is 7.80. The van der Waals surface area contributed by atoms with E-state index in [4.69, 9.17) is 11.6 Å². The van der Waals surface area contributed by atoms with Crippen LogP contribution in [-0.2, 0) is 4.79 Å². The van der Waals surface area contributed by atoms with Crippen LogP contribution in [0.4, 0.5) is 11.4 Å². The molecule has 1 heterocycles. The van der Waals surface area contributed by atoms with Crippen molar-refractivity contribution in [2.45, 2.75) is 19.8 Å². The van der Waals surface area contributed by atoms with Crippen molar-refractivity contribution >= 4 is 46.1 Å². The van der Waals surface area contributed by atoms with Crippen molar-refractivity contribution < 1.29 is 9.59 Å². The van der Waals surface area contributed by atoms with Gasteiger partial charge in [0.25, 0.3) is 5.91 Å². The van der Waals surface area contributed by atoms with Crippen molar-refractivity contribution in [2.75, 3.05) is 10.6 Å². The van der Waals surface area contributed by atoms with Crippen molar-refractivity contribution in [2.24, 2.45) is 0 Å². The molecule has 0 bridgehead atoms. The van der Waals surface area contributed by atoms with E-state index in [1.54, 1.807) is 24.3 Å². The molecule has 2 amide bonds. The van der Waals surface area contributed by atoms with Gasteiger partial charge in [0.05, 0.1) is 15.6 Å². The minimum atomic E-state index is -0.219. The number of hydrogen-bond donors (Lipinski definition) is 2. The lowest BCUT2D eigenvalue weighted by molar-refractivity contribution is -0.116. The molecular formula is C15H15ClN2O2S. The summed E-state index contributed by atoms with van der Waals surface area (Å²) in [4.78, 5) is 24.2. The number of halogens is 1. The van der Waals surface area contributed by atoms with Crippen LogP contribution >= 0.6 is 22.9 Å². The van der Waals surface area contributed by atoms with E-state index in [0.717, 1.165) is 6.42 Å². The summed E-state index contributed by atoms with van der Waals surface area (Å²) >= 11 is 7.43. The summed E-state index contributed by atoms with van der Waals surface area (Å²) < 4.78 is 0. The molecule has 0 saturated heterocycles. The molecule has 2 rings (SSSR count).